The summed E-state index contributed by atoms with van der Waals surface area (Å²) in [6, 6.07) is 0. The molecule has 0 bridgehead atoms. The van der Waals surface area contributed by atoms with Gasteiger partial charge in [0.1, 0.15) is 17.2 Å². The molecule has 102 valence electrons. The van der Waals surface area contributed by atoms with Gasteiger partial charge >= 0.3 is 0 Å². The third kappa shape index (κ3) is 2.71. The lowest BCUT2D eigenvalue weighted by atomic mass is 10.0. The minimum absolute atomic E-state index is 0.641. The maximum atomic E-state index is 5.74. The third-order valence-corrected chi connectivity index (χ3v) is 2.91. The number of rotatable bonds is 6. The van der Waals surface area contributed by atoms with Crippen LogP contribution in [0, 0.1) is 20.8 Å². The molecule has 0 heterocycles. The van der Waals surface area contributed by atoms with Crippen molar-refractivity contribution in [3.8, 4) is 17.2 Å². The molecule has 0 aliphatic heterocycles. The van der Waals surface area contributed by atoms with E-state index in [1.165, 1.54) is 0 Å². The van der Waals surface area contributed by atoms with Gasteiger partial charge in [0.05, 0.1) is 19.8 Å². The van der Waals surface area contributed by atoms with Crippen molar-refractivity contribution in [1.29, 1.82) is 0 Å². The first-order valence-corrected chi connectivity index (χ1v) is 6.60. The Hall–Kier alpha value is -1.38. The van der Waals surface area contributed by atoms with Crippen LogP contribution in [0.5, 0.6) is 17.2 Å². The SMILES string of the molecule is CCOc1c(C)c(OCC)c(C)c(OCC)c1C. The standard InChI is InChI=1S/C15H24O3/c1-7-16-13-10(4)14(17-8-2)12(6)15(11(13)5)18-9-3/h7-9H2,1-6H3. The van der Waals surface area contributed by atoms with Gasteiger partial charge in [-0.05, 0) is 41.5 Å². The van der Waals surface area contributed by atoms with E-state index in [4.69, 9.17) is 14.2 Å². The highest BCUT2D eigenvalue weighted by Crippen LogP contribution is 2.42. The second-order valence-electron chi connectivity index (χ2n) is 4.16. The van der Waals surface area contributed by atoms with Crippen molar-refractivity contribution in [2.45, 2.75) is 41.5 Å². The third-order valence-electron chi connectivity index (χ3n) is 2.91. The van der Waals surface area contributed by atoms with Crippen LogP contribution in [0.4, 0.5) is 0 Å². The maximum Gasteiger partial charge on any atom is 0.132 e. The van der Waals surface area contributed by atoms with Crippen LogP contribution in [-0.2, 0) is 0 Å². The van der Waals surface area contributed by atoms with Crippen molar-refractivity contribution < 1.29 is 14.2 Å². The van der Waals surface area contributed by atoms with Gasteiger partial charge in [-0.15, -0.1) is 0 Å². The van der Waals surface area contributed by atoms with Crippen LogP contribution in [0.25, 0.3) is 0 Å². The first kappa shape index (κ1) is 14.7. The molecule has 0 aromatic heterocycles. The Kier molecular flexibility index (Phi) is 5.32. The van der Waals surface area contributed by atoms with Crippen LogP contribution in [0.2, 0.25) is 0 Å². The largest absolute Gasteiger partial charge is 0.493 e. The lowest BCUT2D eigenvalue weighted by Gasteiger charge is -2.21. The van der Waals surface area contributed by atoms with E-state index in [1.807, 2.05) is 41.5 Å². The van der Waals surface area contributed by atoms with Crippen molar-refractivity contribution in [3.63, 3.8) is 0 Å². The molecule has 0 saturated heterocycles. The first-order valence-electron chi connectivity index (χ1n) is 6.60. The summed E-state index contributed by atoms with van der Waals surface area (Å²) in [6.07, 6.45) is 0. The van der Waals surface area contributed by atoms with Crippen molar-refractivity contribution in [2.24, 2.45) is 0 Å². The molecule has 0 spiro atoms. The van der Waals surface area contributed by atoms with Crippen molar-refractivity contribution in [3.05, 3.63) is 16.7 Å². The normalized spacial score (nSPS) is 10.3. The molecule has 1 aromatic rings. The molecular weight excluding hydrogens is 228 g/mol. The summed E-state index contributed by atoms with van der Waals surface area (Å²) in [7, 11) is 0. The van der Waals surface area contributed by atoms with Gasteiger partial charge in [-0.3, -0.25) is 0 Å². The second-order valence-corrected chi connectivity index (χ2v) is 4.16. The number of hydrogen-bond acceptors (Lipinski definition) is 3. The topological polar surface area (TPSA) is 27.7 Å². The van der Waals surface area contributed by atoms with Gasteiger partial charge in [0, 0.05) is 16.7 Å². The van der Waals surface area contributed by atoms with Crippen LogP contribution >= 0.6 is 0 Å². The molecule has 0 N–H and O–H groups in total. The smallest absolute Gasteiger partial charge is 0.132 e. The minimum atomic E-state index is 0.641. The predicted molar refractivity (Wildman–Crippen MR) is 74.2 cm³/mol. The fourth-order valence-electron chi connectivity index (χ4n) is 2.24. The summed E-state index contributed by atoms with van der Waals surface area (Å²) in [5.74, 6) is 2.65. The van der Waals surface area contributed by atoms with E-state index in [-0.39, 0.29) is 0 Å². The summed E-state index contributed by atoms with van der Waals surface area (Å²) in [5.41, 5.74) is 3.16. The van der Waals surface area contributed by atoms with Crippen molar-refractivity contribution in [1.82, 2.24) is 0 Å². The molecule has 0 unspecified atom stereocenters. The zero-order chi connectivity index (χ0) is 13.7. The molecule has 0 aliphatic rings. The number of hydrogen-bond donors (Lipinski definition) is 0. The zero-order valence-corrected chi connectivity index (χ0v) is 12.3. The molecule has 0 amide bonds. The van der Waals surface area contributed by atoms with E-state index < -0.39 is 0 Å². The summed E-state index contributed by atoms with van der Waals surface area (Å²) >= 11 is 0. The fourth-order valence-corrected chi connectivity index (χ4v) is 2.24. The molecule has 18 heavy (non-hydrogen) atoms. The maximum absolute atomic E-state index is 5.74. The van der Waals surface area contributed by atoms with E-state index in [2.05, 4.69) is 0 Å². The van der Waals surface area contributed by atoms with E-state index in [1.54, 1.807) is 0 Å². The average Bonchev–Trinajstić information content (AvgIpc) is 2.35. The van der Waals surface area contributed by atoms with Gasteiger partial charge in [-0.1, -0.05) is 0 Å². The Morgan fingerprint density at radius 1 is 0.556 bits per heavy atom. The average molecular weight is 252 g/mol. The van der Waals surface area contributed by atoms with Crippen LogP contribution in [0.3, 0.4) is 0 Å². The highest BCUT2D eigenvalue weighted by molar-refractivity contribution is 5.61. The molecule has 0 aliphatic carbocycles. The lowest BCUT2D eigenvalue weighted by molar-refractivity contribution is 0.297. The summed E-state index contributed by atoms with van der Waals surface area (Å²) in [4.78, 5) is 0. The van der Waals surface area contributed by atoms with Crippen LogP contribution < -0.4 is 14.2 Å². The van der Waals surface area contributed by atoms with Gasteiger partial charge in [0.15, 0.2) is 0 Å². The summed E-state index contributed by atoms with van der Waals surface area (Å²) in [5, 5.41) is 0. The minimum Gasteiger partial charge on any atom is -0.493 e. The predicted octanol–water partition coefficient (Wildman–Crippen LogP) is 3.81. The number of benzene rings is 1. The molecule has 0 radical (unpaired) electrons. The van der Waals surface area contributed by atoms with Gasteiger partial charge in [-0.25, -0.2) is 0 Å². The van der Waals surface area contributed by atoms with Crippen LogP contribution in [-0.4, -0.2) is 19.8 Å². The molecule has 0 atom stereocenters. The Morgan fingerprint density at radius 3 is 0.944 bits per heavy atom. The van der Waals surface area contributed by atoms with Gasteiger partial charge < -0.3 is 14.2 Å². The highest BCUT2D eigenvalue weighted by Gasteiger charge is 2.19. The summed E-state index contributed by atoms with van der Waals surface area (Å²) in [6.45, 7) is 14.0. The molecule has 1 rings (SSSR count). The Bertz CT molecular complexity index is 328. The molecule has 0 saturated carbocycles. The Labute approximate surface area is 110 Å². The molecule has 3 nitrogen and oxygen atoms in total. The summed E-state index contributed by atoms with van der Waals surface area (Å²) < 4.78 is 17.2. The Morgan fingerprint density at radius 2 is 0.778 bits per heavy atom. The molecule has 0 fully saturated rings. The van der Waals surface area contributed by atoms with E-state index in [9.17, 15) is 0 Å². The van der Waals surface area contributed by atoms with Crippen molar-refractivity contribution >= 4 is 0 Å². The van der Waals surface area contributed by atoms with Gasteiger partial charge in [0.25, 0.3) is 0 Å². The highest BCUT2D eigenvalue weighted by atomic mass is 16.5. The van der Waals surface area contributed by atoms with E-state index >= 15 is 0 Å². The molecule has 1 aromatic carbocycles. The fraction of sp³-hybridized carbons (Fsp3) is 0.600. The zero-order valence-electron chi connectivity index (χ0n) is 12.3. The van der Waals surface area contributed by atoms with Crippen LogP contribution in [0.1, 0.15) is 37.5 Å². The Balaban J connectivity index is 3.42. The molecule has 3 heteroatoms. The molecular formula is C15H24O3. The van der Waals surface area contributed by atoms with E-state index in [0.29, 0.717) is 19.8 Å². The quantitative estimate of drug-likeness (QED) is 0.770. The van der Waals surface area contributed by atoms with Gasteiger partial charge in [-0.2, -0.15) is 0 Å². The lowest BCUT2D eigenvalue weighted by Crippen LogP contribution is -2.06. The van der Waals surface area contributed by atoms with E-state index in [0.717, 1.165) is 33.9 Å². The second kappa shape index (κ2) is 6.53. The van der Waals surface area contributed by atoms with Crippen molar-refractivity contribution in [2.75, 3.05) is 19.8 Å². The number of ether oxygens (including phenoxy) is 3. The monoisotopic (exact) mass is 252 g/mol. The first-order chi connectivity index (χ1) is 8.58. The van der Waals surface area contributed by atoms with Gasteiger partial charge in [0.2, 0.25) is 0 Å². The van der Waals surface area contributed by atoms with Crippen LogP contribution in [0.15, 0.2) is 0 Å².